The summed E-state index contributed by atoms with van der Waals surface area (Å²) in [5, 5.41) is 16.9. The Morgan fingerprint density at radius 2 is 1.45 bits per heavy atom. The molecule has 11 heteroatoms. The first-order valence-electron chi connectivity index (χ1n) is 11.9. The van der Waals surface area contributed by atoms with E-state index in [1.54, 1.807) is 65.8 Å². The molecule has 0 saturated heterocycles. The van der Waals surface area contributed by atoms with Crippen LogP contribution >= 0.6 is 0 Å². The second kappa shape index (κ2) is 12.7. The number of aliphatic carboxylic acids is 1. The molecule has 1 atom stereocenters. The standard InChI is InChI=1S/C27H34N4O7/c1-26(2,3)37-24(35)30-21(31-25(36)38-27(4,5)6)18-12-14-19(15-13-18)28-23(34)29-20(22(32)33)16-17-10-8-7-9-11-17/h7-15,20H,16H2,1-6H3,(H,32,33)(H2,28,29,34)(H,30,31,35,36). The van der Waals surface area contributed by atoms with Gasteiger partial charge >= 0.3 is 24.2 Å². The average molecular weight is 527 g/mol. The molecule has 0 radical (unpaired) electrons. The number of amides is 4. The number of hydrogen-bond donors (Lipinski definition) is 4. The first-order chi connectivity index (χ1) is 17.6. The molecule has 2 aromatic carbocycles. The molecule has 0 aromatic heterocycles. The van der Waals surface area contributed by atoms with Gasteiger partial charge in [0.1, 0.15) is 23.1 Å². The minimum atomic E-state index is -1.17. The Morgan fingerprint density at radius 3 is 1.97 bits per heavy atom. The fourth-order valence-corrected chi connectivity index (χ4v) is 3.03. The maximum Gasteiger partial charge on any atom is 0.436 e. The summed E-state index contributed by atoms with van der Waals surface area (Å²) in [6, 6.07) is 13.1. The molecular weight excluding hydrogens is 492 g/mol. The molecule has 0 aliphatic heterocycles. The average Bonchev–Trinajstić information content (AvgIpc) is 2.77. The number of rotatable bonds is 6. The maximum atomic E-state index is 12.4. The van der Waals surface area contributed by atoms with Crippen LogP contribution in [-0.4, -0.2) is 52.4 Å². The maximum absolute atomic E-state index is 12.4. The first-order valence-corrected chi connectivity index (χ1v) is 11.9. The Balaban J connectivity index is 2.15. The van der Waals surface area contributed by atoms with Crippen LogP contribution in [0.4, 0.5) is 20.1 Å². The molecule has 38 heavy (non-hydrogen) atoms. The molecule has 204 valence electrons. The van der Waals surface area contributed by atoms with Gasteiger partial charge in [-0.15, -0.1) is 0 Å². The van der Waals surface area contributed by atoms with Gasteiger partial charge in [-0.3, -0.25) is 5.32 Å². The van der Waals surface area contributed by atoms with Crippen LogP contribution in [-0.2, 0) is 20.7 Å². The number of aliphatic imine (C=N–C) groups is 1. The van der Waals surface area contributed by atoms with Crippen LogP contribution in [0.5, 0.6) is 0 Å². The number of anilines is 1. The van der Waals surface area contributed by atoms with Gasteiger partial charge in [-0.2, -0.15) is 4.99 Å². The number of alkyl carbamates (subject to hydrolysis) is 1. The van der Waals surface area contributed by atoms with E-state index in [2.05, 4.69) is 20.9 Å². The van der Waals surface area contributed by atoms with Gasteiger partial charge in [-0.1, -0.05) is 30.3 Å². The molecule has 11 nitrogen and oxygen atoms in total. The van der Waals surface area contributed by atoms with E-state index >= 15 is 0 Å². The van der Waals surface area contributed by atoms with Crippen LogP contribution in [0.15, 0.2) is 59.6 Å². The Bertz CT molecular complexity index is 1160. The molecule has 0 aliphatic carbocycles. The lowest BCUT2D eigenvalue weighted by atomic mass is 10.1. The van der Waals surface area contributed by atoms with E-state index in [1.165, 1.54) is 24.3 Å². The highest BCUT2D eigenvalue weighted by molar-refractivity contribution is 6.10. The van der Waals surface area contributed by atoms with Crippen LogP contribution in [0.2, 0.25) is 0 Å². The summed E-state index contributed by atoms with van der Waals surface area (Å²) in [7, 11) is 0. The monoisotopic (exact) mass is 526 g/mol. The smallest absolute Gasteiger partial charge is 0.436 e. The first kappa shape index (κ1) is 29.8. The lowest BCUT2D eigenvalue weighted by molar-refractivity contribution is -0.139. The van der Waals surface area contributed by atoms with Gasteiger partial charge in [0.25, 0.3) is 0 Å². The lowest BCUT2D eigenvalue weighted by Gasteiger charge is -2.21. The SMILES string of the molecule is CC(C)(C)OC(=O)N=C(NC(=O)OC(C)(C)C)c1ccc(NC(=O)NC(Cc2ccccc2)C(=O)O)cc1. The quantitative estimate of drug-likeness (QED) is 0.314. The normalized spacial score (nSPS) is 12.6. The number of nitrogens with zero attached hydrogens (tertiary/aromatic N) is 1. The molecular formula is C27H34N4O7. The molecule has 1 unspecified atom stereocenters. The highest BCUT2D eigenvalue weighted by Crippen LogP contribution is 2.14. The number of carboxylic acids is 1. The fraction of sp³-hybridized carbons (Fsp3) is 0.370. The summed E-state index contributed by atoms with van der Waals surface area (Å²) >= 11 is 0. The number of carboxylic acid groups (broad SMARTS) is 1. The van der Waals surface area contributed by atoms with Crippen molar-refractivity contribution in [2.45, 2.75) is 65.2 Å². The minimum Gasteiger partial charge on any atom is -0.480 e. The second-order valence-corrected chi connectivity index (χ2v) is 10.3. The number of hydrogen-bond acceptors (Lipinski definition) is 6. The Hall–Kier alpha value is -4.41. The summed E-state index contributed by atoms with van der Waals surface area (Å²) in [4.78, 5) is 52.6. The van der Waals surface area contributed by atoms with E-state index in [9.17, 15) is 24.3 Å². The number of carbonyl (C=O) groups excluding carboxylic acids is 3. The zero-order chi connectivity index (χ0) is 28.5. The number of nitrogens with one attached hydrogen (secondary N) is 3. The van der Waals surface area contributed by atoms with E-state index in [-0.39, 0.29) is 12.3 Å². The van der Waals surface area contributed by atoms with Crippen molar-refractivity contribution in [3.63, 3.8) is 0 Å². The molecule has 2 aromatic rings. The van der Waals surface area contributed by atoms with E-state index in [0.717, 1.165) is 5.56 Å². The summed E-state index contributed by atoms with van der Waals surface area (Å²) in [6.07, 6.45) is -1.62. The van der Waals surface area contributed by atoms with Gasteiger partial charge in [0, 0.05) is 17.7 Å². The molecule has 4 amide bonds. The lowest BCUT2D eigenvalue weighted by Crippen LogP contribution is -2.44. The zero-order valence-corrected chi connectivity index (χ0v) is 22.3. The number of carbonyl (C=O) groups is 4. The van der Waals surface area contributed by atoms with Crippen molar-refractivity contribution >= 4 is 35.7 Å². The predicted octanol–water partition coefficient (Wildman–Crippen LogP) is 4.71. The van der Waals surface area contributed by atoms with E-state index in [1.807, 2.05) is 6.07 Å². The topological polar surface area (TPSA) is 155 Å². The highest BCUT2D eigenvalue weighted by atomic mass is 16.6. The van der Waals surface area contributed by atoms with Gasteiger partial charge < -0.3 is 25.2 Å². The van der Waals surface area contributed by atoms with Crippen molar-refractivity contribution in [1.82, 2.24) is 10.6 Å². The van der Waals surface area contributed by atoms with Crippen LogP contribution in [0, 0.1) is 0 Å². The molecule has 2 rings (SSSR count). The van der Waals surface area contributed by atoms with Gasteiger partial charge in [0.15, 0.2) is 0 Å². The molecule has 0 aliphatic rings. The van der Waals surface area contributed by atoms with Gasteiger partial charge in [-0.05, 0) is 71.4 Å². The van der Waals surface area contributed by atoms with Crippen LogP contribution in [0.1, 0.15) is 52.7 Å². The van der Waals surface area contributed by atoms with Gasteiger partial charge in [0.2, 0.25) is 0 Å². The molecule has 0 heterocycles. The number of benzene rings is 2. The van der Waals surface area contributed by atoms with E-state index in [4.69, 9.17) is 9.47 Å². The summed E-state index contributed by atoms with van der Waals surface area (Å²) in [5.41, 5.74) is -0.146. The third-order valence-corrected chi connectivity index (χ3v) is 4.52. The molecule has 0 fully saturated rings. The third kappa shape index (κ3) is 11.1. The van der Waals surface area contributed by atoms with Gasteiger partial charge in [-0.25, -0.2) is 19.2 Å². The molecule has 0 spiro atoms. The predicted molar refractivity (Wildman–Crippen MR) is 142 cm³/mol. The van der Waals surface area contributed by atoms with Crippen LogP contribution < -0.4 is 16.0 Å². The van der Waals surface area contributed by atoms with Crippen molar-refractivity contribution < 1.29 is 33.8 Å². The Morgan fingerprint density at radius 1 is 0.868 bits per heavy atom. The zero-order valence-electron chi connectivity index (χ0n) is 22.3. The van der Waals surface area contributed by atoms with Crippen LogP contribution in [0.25, 0.3) is 0 Å². The minimum absolute atomic E-state index is 0.113. The van der Waals surface area contributed by atoms with Crippen molar-refractivity contribution in [2.24, 2.45) is 4.99 Å². The molecule has 0 saturated carbocycles. The highest BCUT2D eigenvalue weighted by Gasteiger charge is 2.22. The third-order valence-electron chi connectivity index (χ3n) is 4.52. The van der Waals surface area contributed by atoms with E-state index < -0.39 is 41.4 Å². The van der Waals surface area contributed by atoms with Crippen molar-refractivity contribution in [1.29, 1.82) is 0 Å². The Kier molecular flexibility index (Phi) is 9.97. The van der Waals surface area contributed by atoms with Gasteiger partial charge in [0.05, 0.1) is 0 Å². The van der Waals surface area contributed by atoms with Crippen molar-refractivity contribution in [3.05, 3.63) is 65.7 Å². The van der Waals surface area contributed by atoms with Crippen LogP contribution in [0.3, 0.4) is 0 Å². The Labute approximate surface area is 221 Å². The van der Waals surface area contributed by atoms with E-state index in [0.29, 0.717) is 11.3 Å². The number of ether oxygens (including phenoxy) is 2. The number of urea groups is 1. The fourth-order valence-electron chi connectivity index (χ4n) is 3.03. The van der Waals surface area contributed by atoms with Crippen molar-refractivity contribution in [3.8, 4) is 0 Å². The molecule has 0 bridgehead atoms. The summed E-state index contributed by atoms with van der Waals surface area (Å²) in [6.45, 7) is 10.1. The summed E-state index contributed by atoms with van der Waals surface area (Å²) in [5.74, 6) is -1.28. The molecule has 4 N–H and O–H groups in total. The number of amidine groups is 1. The largest absolute Gasteiger partial charge is 0.480 e. The summed E-state index contributed by atoms with van der Waals surface area (Å²) < 4.78 is 10.5. The van der Waals surface area contributed by atoms with Crippen molar-refractivity contribution in [2.75, 3.05) is 5.32 Å². The second-order valence-electron chi connectivity index (χ2n) is 10.3.